The van der Waals surface area contributed by atoms with Crippen LogP contribution in [-0.4, -0.2) is 26.4 Å². The maximum absolute atomic E-state index is 12.9. The molecule has 0 aromatic heterocycles. The lowest BCUT2D eigenvalue weighted by Crippen LogP contribution is -2.18. The summed E-state index contributed by atoms with van der Waals surface area (Å²) in [6.07, 6.45) is 10.8. The summed E-state index contributed by atoms with van der Waals surface area (Å²) in [7, 11) is -3.69. The third-order valence-corrected chi connectivity index (χ3v) is 7.51. The van der Waals surface area contributed by atoms with Crippen LogP contribution in [0.4, 0.5) is 0 Å². The number of esters is 1. The van der Waals surface area contributed by atoms with Crippen LogP contribution in [0.15, 0.2) is 58.3 Å². The van der Waals surface area contributed by atoms with E-state index in [-0.39, 0.29) is 15.9 Å². The van der Waals surface area contributed by atoms with Crippen LogP contribution in [0.25, 0.3) is 0 Å². The van der Waals surface area contributed by atoms with Gasteiger partial charge >= 0.3 is 5.97 Å². The number of hydrogen-bond acceptors (Lipinski definition) is 5. The van der Waals surface area contributed by atoms with Gasteiger partial charge in [-0.15, -0.1) is 11.6 Å². The standard InChI is InChI=1S/C26H35ClO5S/c1-3-4-5-6-7-8-9-10-11-24(20-27)32-23-14-18-26(19-15-23)33(29,30)25-16-12-22(13-17-25)31-21(2)28/h12-19,24H,3-11,20H2,1-2H3. The SMILES string of the molecule is CCCCCCCCCCC(CCl)Oc1ccc(S(=O)(=O)c2ccc(OC(C)=O)cc2)cc1. The fraction of sp³-hybridized carbons (Fsp3) is 0.500. The van der Waals surface area contributed by atoms with Crippen molar-refractivity contribution in [1.29, 1.82) is 0 Å². The first-order valence-electron chi connectivity index (χ1n) is 11.7. The maximum Gasteiger partial charge on any atom is 0.308 e. The summed E-state index contributed by atoms with van der Waals surface area (Å²) in [6.45, 7) is 3.52. The van der Waals surface area contributed by atoms with Gasteiger partial charge in [-0.3, -0.25) is 4.79 Å². The van der Waals surface area contributed by atoms with Crippen molar-refractivity contribution in [3.63, 3.8) is 0 Å². The van der Waals surface area contributed by atoms with E-state index >= 15 is 0 Å². The van der Waals surface area contributed by atoms with Gasteiger partial charge in [0.1, 0.15) is 17.6 Å². The summed E-state index contributed by atoms with van der Waals surface area (Å²) >= 11 is 6.09. The van der Waals surface area contributed by atoms with Gasteiger partial charge in [-0.05, 0) is 61.4 Å². The molecule has 0 amide bonds. The number of unbranched alkanes of at least 4 members (excludes halogenated alkanes) is 7. The van der Waals surface area contributed by atoms with Crippen molar-refractivity contribution in [3.05, 3.63) is 48.5 Å². The Balaban J connectivity index is 1.87. The number of rotatable bonds is 15. The second kappa shape index (κ2) is 14.3. The van der Waals surface area contributed by atoms with Gasteiger partial charge in [0.25, 0.3) is 0 Å². The van der Waals surface area contributed by atoms with Gasteiger partial charge in [0.05, 0.1) is 15.7 Å². The third kappa shape index (κ3) is 9.38. The van der Waals surface area contributed by atoms with E-state index in [1.807, 2.05) is 0 Å². The van der Waals surface area contributed by atoms with Gasteiger partial charge in [0.15, 0.2) is 0 Å². The van der Waals surface area contributed by atoms with Crippen molar-refractivity contribution < 1.29 is 22.7 Å². The molecule has 33 heavy (non-hydrogen) atoms. The Kier molecular flexibility index (Phi) is 11.8. The number of carbonyl (C=O) groups is 1. The second-order valence-corrected chi connectivity index (χ2v) is 10.5. The van der Waals surface area contributed by atoms with E-state index in [1.54, 1.807) is 12.1 Å². The average Bonchev–Trinajstić information content (AvgIpc) is 2.80. The normalized spacial score (nSPS) is 12.3. The molecule has 0 aliphatic rings. The topological polar surface area (TPSA) is 69.7 Å². The Hall–Kier alpha value is -2.05. The number of alkyl halides is 1. The minimum atomic E-state index is -3.69. The highest BCUT2D eigenvalue weighted by molar-refractivity contribution is 7.91. The largest absolute Gasteiger partial charge is 0.489 e. The van der Waals surface area contributed by atoms with Gasteiger partial charge in [-0.1, -0.05) is 51.9 Å². The molecule has 0 N–H and O–H groups in total. The van der Waals surface area contributed by atoms with Gasteiger partial charge in [0, 0.05) is 6.92 Å². The molecule has 2 aromatic carbocycles. The van der Waals surface area contributed by atoms with E-state index in [0.717, 1.165) is 12.8 Å². The summed E-state index contributed by atoms with van der Waals surface area (Å²) in [6, 6.07) is 12.2. The van der Waals surface area contributed by atoms with Crippen molar-refractivity contribution in [2.75, 3.05) is 5.88 Å². The van der Waals surface area contributed by atoms with E-state index in [0.29, 0.717) is 17.4 Å². The van der Waals surface area contributed by atoms with E-state index in [2.05, 4.69) is 6.92 Å². The molecule has 1 atom stereocenters. The molecule has 0 aliphatic carbocycles. The number of hydrogen-bond donors (Lipinski definition) is 0. The molecule has 1 unspecified atom stereocenters. The predicted octanol–water partition coefficient (Wildman–Crippen LogP) is 6.96. The summed E-state index contributed by atoms with van der Waals surface area (Å²) in [4.78, 5) is 11.3. The van der Waals surface area contributed by atoms with E-state index in [1.165, 1.54) is 88.3 Å². The molecule has 0 bridgehead atoms. The van der Waals surface area contributed by atoms with Crippen LogP contribution in [0.3, 0.4) is 0 Å². The lowest BCUT2D eigenvalue weighted by molar-refractivity contribution is -0.131. The van der Waals surface area contributed by atoms with Crippen molar-refractivity contribution >= 4 is 27.4 Å². The first-order valence-corrected chi connectivity index (χ1v) is 13.7. The molecule has 0 spiro atoms. The van der Waals surface area contributed by atoms with Crippen molar-refractivity contribution in [2.45, 2.75) is 87.5 Å². The van der Waals surface area contributed by atoms with Crippen LogP contribution in [0.5, 0.6) is 11.5 Å². The predicted molar refractivity (Wildman–Crippen MR) is 132 cm³/mol. The molecule has 0 heterocycles. The lowest BCUT2D eigenvalue weighted by Gasteiger charge is -2.17. The van der Waals surface area contributed by atoms with Gasteiger partial charge in [-0.25, -0.2) is 8.42 Å². The highest BCUT2D eigenvalue weighted by Crippen LogP contribution is 2.26. The highest BCUT2D eigenvalue weighted by atomic mass is 35.5. The fourth-order valence-electron chi connectivity index (χ4n) is 3.55. The number of halogens is 1. The van der Waals surface area contributed by atoms with Crippen LogP contribution in [0.1, 0.15) is 71.6 Å². The van der Waals surface area contributed by atoms with Crippen LogP contribution in [-0.2, 0) is 14.6 Å². The lowest BCUT2D eigenvalue weighted by atomic mass is 10.1. The zero-order chi connectivity index (χ0) is 24.1. The highest BCUT2D eigenvalue weighted by Gasteiger charge is 2.18. The van der Waals surface area contributed by atoms with Gasteiger partial charge in [-0.2, -0.15) is 0 Å². The molecular weight excluding hydrogens is 460 g/mol. The zero-order valence-corrected chi connectivity index (χ0v) is 21.2. The third-order valence-electron chi connectivity index (χ3n) is 5.38. The van der Waals surface area contributed by atoms with E-state index in [9.17, 15) is 13.2 Å². The monoisotopic (exact) mass is 494 g/mol. The van der Waals surface area contributed by atoms with Crippen molar-refractivity contribution in [3.8, 4) is 11.5 Å². The zero-order valence-electron chi connectivity index (χ0n) is 19.6. The Morgan fingerprint density at radius 2 is 1.30 bits per heavy atom. The Labute approximate surface area is 203 Å². The molecular formula is C26H35ClO5S. The molecule has 182 valence electrons. The molecule has 5 nitrogen and oxygen atoms in total. The first-order chi connectivity index (χ1) is 15.9. The molecule has 0 fully saturated rings. The Morgan fingerprint density at radius 1 is 0.818 bits per heavy atom. The molecule has 2 aromatic rings. The van der Waals surface area contributed by atoms with Crippen LogP contribution < -0.4 is 9.47 Å². The van der Waals surface area contributed by atoms with E-state index in [4.69, 9.17) is 21.1 Å². The summed E-state index contributed by atoms with van der Waals surface area (Å²) < 4.78 is 36.7. The molecule has 0 saturated carbocycles. The van der Waals surface area contributed by atoms with Crippen LogP contribution >= 0.6 is 11.6 Å². The number of benzene rings is 2. The number of carbonyl (C=O) groups excluding carboxylic acids is 1. The van der Waals surface area contributed by atoms with Crippen LogP contribution in [0.2, 0.25) is 0 Å². The fourth-order valence-corrected chi connectivity index (χ4v) is 5.03. The van der Waals surface area contributed by atoms with E-state index < -0.39 is 15.8 Å². The quantitative estimate of drug-likeness (QED) is 0.116. The van der Waals surface area contributed by atoms with Gasteiger partial charge in [0.2, 0.25) is 9.84 Å². The van der Waals surface area contributed by atoms with Crippen LogP contribution in [0, 0.1) is 0 Å². The maximum atomic E-state index is 12.9. The minimum Gasteiger partial charge on any atom is -0.489 e. The van der Waals surface area contributed by atoms with Gasteiger partial charge < -0.3 is 9.47 Å². The summed E-state index contributed by atoms with van der Waals surface area (Å²) in [5.41, 5.74) is 0. The van der Waals surface area contributed by atoms with Crippen molar-refractivity contribution in [2.24, 2.45) is 0 Å². The average molecular weight is 495 g/mol. The molecule has 2 rings (SSSR count). The Morgan fingerprint density at radius 3 is 1.79 bits per heavy atom. The minimum absolute atomic E-state index is 0.0944. The summed E-state index contributed by atoms with van der Waals surface area (Å²) in [5, 5.41) is 0. The van der Waals surface area contributed by atoms with Crippen molar-refractivity contribution in [1.82, 2.24) is 0 Å². The summed E-state index contributed by atoms with van der Waals surface area (Å²) in [5.74, 6) is 0.836. The number of sulfone groups is 1. The molecule has 0 radical (unpaired) electrons. The second-order valence-electron chi connectivity index (χ2n) is 8.20. The molecule has 0 saturated heterocycles. The smallest absolute Gasteiger partial charge is 0.308 e. The Bertz CT molecular complexity index is 940. The first kappa shape index (κ1) is 27.2. The molecule has 0 aliphatic heterocycles. The molecule has 7 heteroatoms. The number of ether oxygens (including phenoxy) is 2.